The lowest BCUT2D eigenvalue weighted by molar-refractivity contribution is 0.176. The fourth-order valence-electron chi connectivity index (χ4n) is 1.64. The van der Waals surface area contributed by atoms with Crippen molar-refractivity contribution in [2.45, 2.75) is 52.1 Å². The van der Waals surface area contributed by atoms with Gasteiger partial charge in [0.25, 0.3) is 0 Å². The van der Waals surface area contributed by atoms with Crippen LogP contribution in [0.5, 0.6) is 11.5 Å². The Bertz CT molecular complexity index is 297. The lowest BCUT2D eigenvalue weighted by Gasteiger charge is -2.17. The van der Waals surface area contributed by atoms with Gasteiger partial charge in [-0.05, 0) is 25.3 Å². The molecule has 2 nitrogen and oxygen atoms in total. The Balaban J connectivity index is 2.46. The number of rotatable bonds is 7. The van der Waals surface area contributed by atoms with Crippen molar-refractivity contribution in [3.8, 4) is 11.5 Å². The SMILES string of the molecule is CCCCCC(CC)Oc1[c]cccc1O. The number of phenols is 1. The van der Waals surface area contributed by atoms with Crippen LogP contribution in [0, 0.1) is 6.07 Å². The molecule has 0 aromatic heterocycles. The molecule has 1 aromatic rings. The van der Waals surface area contributed by atoms with Crippen LogP contribution in [-0.2, 0) is 0 Å². The summed E-state index contributed by atoms with van der Waals surface area (Å²) in [4.78, 5) is 0. The molecular formula is C14H21O2. The van der Waals surface area contributed by atoms with Crippen LogP contribution in [-0.4, -0.2) is 11.2 Å². The van der Waals surface area contributed by atoms with Crippen LogP contribution in [0.1, 0.15) is 46.0 Å². The molecule has 16 heavy (non-hydrogen) atoms. The van der Waals surface area contributed by atoms with Gasteiger partial charge < -0.3 is 9.84 Å². The first-order valence-corrected chi connectivity index (χ1v) is 6.14. The average molecular weight is 221 g/mol. The van der Waals surface area contributed by atoms with Gasteiger partial charge in [0, 0.05) is 6.07 Å². The number of hydrogen-bond donors (Lipinski definition) is 1. The fourth-order valence-corrected chi connectivity index (χ4v) is 1.64. The molecule has 0 bridgehead atoms. The van der Waals surface area contributed by atoms with Gasteiger partial charge >= 0.3 is 0 Å². The highest BCUT2D eigenvalue weighted by molar-refractivity contribution is 5.36. The van der Waals surface area contributed by atoms with E-state index in [1.165, 1.54) is 19.3 Å². The Morgan fingerprint density at radius 2 is 2.19 bits per heavy atom. The third-order valence-corrected chi connectivity index (χ3v) is 2.67. The Kier molecular flexibility index (Phi) is 5.76. The van der Waals surface area contributed by atoms with Crippen molar-refractivity contribution in [3.63, 3.8) is 0 Å². The molecule has 1 radical (unpaired) electrons. The molecule has 0 heterocycles. The molecule has 1 unspecified atom stereocenters. The van der Waals surface area contributed by atoms with E-state index in [1.807, 2.05) is 0 Å². The highest BCUT2D eigenvalue weighted by Gasteiger charge is 2.10. The number of ether oxygens (including phenoxy) is 1. The predicted molar refractivity (Wildman–Crippen MR) is 65.8 cm³/mol. The van der Waals surface area contributed by atoms with Crippen LogP contribution in [0.3, 0.4) is 0 Å². The van der Waals surface area contributed by atoms with Gasteiger partial charge in [-0.15, -0.1) is 0 Å². The molecule has 0 amide bonds. The largest absolute Gasteiger partial charge is 0.504 e. The number of phenolic OH excluding ortho intramolecular Hbond substituents is 1. The van der Waals surface area contributed by atoms with Gasteiger partial charge in [-0.3, -0.25) is 0 Å². The van der Waals surface area contributed by atoms with E-state index in [9.17, 15) is 5.11 Å². The van der Waals surface area contributed by atoms with Gasteiger partial charge in [0.15, 0.2) is 11.5 Å². The van der Waals surface area contributed by atoms with E-state index in [4.69, 9.17) is 4.74 Å². The Morgan fingerprint density at radius 3 is 2.81 bits per heavy atom. The third-order valence-electron chi connectivity index (χ3n) is 2.67. The zero-order chi connectivity index (χ0) is 11.8. The average Bonchev–Trinajstić information content (AvgIpc) is 2.30. The fraction of sp³-hybridized carbons (Fsp3) is 0.571. The van der Waals surface area contributed by atoms with E-state index < -0.39 is 0 Å². The molecule has 1 N–H and O–H groups in total. The summed E-state index contributed by atoms with van der Waals surface area (Å²) in [6, 6.07) is 8.06. The zero-order valence-electron chi connectivity index (χ0n) is 10.2. The molecule has 0 aliphatic carbocycles. The summed E-state index contributed by atoms with van der Waals surface area (Å²) in [5.74, 6) is 0.655. The van der Waals surface area contributed by atoms with Crippen molar-refractivity contribution < 1.29 is 9.84 Å². The Morgan fingerprint density at radius 1 is 1.38 bits per heavy atom. The maximum Gasteiger partial charge on any atom is 0.169 e. The van der Waals surface area contributed by atoms with Gasteiger partial charge in [0.1, 0.15) is 0 Å². The van der Waals surface area contributed by atoms with E-state index in [2.05, 4.69) is 19.9 Å². The molecule has 1 aromatic carbocycles. The standard InChI is InChI=1S/C14H21O2/c1-3-5-6-9-12(4-2)16-14-11-8-7-10-13(14)15/h7-8,10,12,15H,3-6,9H2,1-2H3. The lowest BCUT2D eigenvalue weighted by atomic mass is 10.1. The molecule has 2 heteroatoms. The molecule has 1 rings (SSSR count). The van der Waals surface area contributed by atoms with Crippen LogP contribution in [0.25, 0.3) is 0 Å². The summed E-state index contributed by atoms with van der Waals surface area (Å²) < 4.78 is 5.74. The van der Waals surface area contributed by atoms with Crippen molar-refractivity contribution in [1.29, 1.82) is 0 Å². The minimum atomic E-state index is 0.177. The van der Waals surface area contributed by atoms with Gasteiger partial charge in [-0.25, -0.2) is 0 Å². The summed E-state index contributed by atoms with van der Waals surface area (Å²) in [7, 11) is 0. The molecule has 0 saturated carbocycles. The molecule has 0 aliphatic heterocycles. The van der Waals surface area contributed by atoms with Crippen LogP contribution in [0.2, 0.25) is 0 Å². The maximum atomic E-state index is 9.57. The second kappa shape index (κ2) is 7.15. The van der Waals surface area contributed by atoms with Crippen LogP contribution in [0.15, 0.2) is 18.2 Å². The number of hydrogen-bond acceptors (Lipinski definition) is 2. The summed E-state index contributed by atoms with van der Waals surface area (Å²) in [6.07, 6.45) is 5.85. The molecule has 89 valence electrons. The summed E-state index contributed by atoms with van der Waals surface area (Å²) in [5, 5.41) is 9.57. The lowest BCUT2D eigenvalue weighted by Crippen LogP contribution is -2.15. The van der Waals surface area contributed by atoms with Gasteiger partial charge in [-0.2, -0.15) is 0 Å². The van der Waals surface area contributed by atoms with E-state index in [1.54, 1.807) is 18.2 Å². The summed E-state index contributed by atoms with van der Waals surface area (Å²) in [5.41, 5.74) is 0. The van der Waals surface area contributed by atoms with Crippen molar-refractivity contribution in [2.75, 3.05) is 0 Å². The normalized spacial score (nSPS) is 12.4. The summed E-state index contributed by atoms with van der Waals surface area (Å²) >= 11 is 0. The minimum Gasteiger partial charge on any atom is -0.504 e. The van der Waals surface area contributed by atoms with Crippen LogP contribution in [0.4, 0.5) is 0 Å². The molecule has 0 fully saturated rings. The number of unbranched alkanes of at least 4 members (excludes halogenated alkanes) is 2. The Hall–Kier alpha value is -1.18. The molecule has 0 aliphatic rings. The quantitative estimate of drug-likeness (QED) is 0.707. The molecule has 0 saturated heterocycles. The van der Waals surface area contributed by atoms with E-state index in [0.717, 1.165) is 12.8 Å². The first-order chi connectivity index (χ1) is 7.77. The molecule has 0 spiro atoms. The highest BCUT2D eigenvalue weighted by atomic mass is 16.5. The van der Waals surface area contributed by atoms with E-state index >= 15 is 0 Å². The van der Waals surface area contributed by atoms with Crippen molar-refractivity contribution in [2.24, 2.45) is 0 Å². The molecular weight excluding hydrogens is 200 g/mol. The number of para-hydroxylation sites is 1. The van der Waals surface area contributed by atoms with Crippen molar-refractivity contribution >= 4 is 0 Å². The maximum absolute atomic E-state index is 9.57. The first kappa shape index (κ1) is 12.9. The first-order valence-electron chi connectivity index (χ1n) is 6.14. The van der Waals surface area contributed by atoms with E-state index in [-0.39, 0.29) is 11.9 Å². The van der Waals surface area contributed by atoms with Crippen molar-refractivity contribution in [3.05, 3.63) is 24.3 Å². The van der Waals surface area contributed by atoms with Gasteiger partial charge in [0.2, 0.25) is 0 Å². The Labute approximate surface area is 98.3 Å². The number of benzene rings is 1. The second-order valence-corrected chi connectivity index (χ2v) is 4.03. The van der Waals surface area contributed by atoms with Gasteiger partial charge in [0.05, 0.1) is 6.10 Å². The minimum absolute atomic E-state index is 0.177. The van der Waals surface area contributed by atoms with Crippen molar-refractivity contribution in [1.82, 2.24) is 0 Å². The third kappa shape index (κ3) is 4.13. The summed E-state index contributed by atoms with van der Waals surface area (Å²) in [6.45, 7) is 4.30. The highest BCUT2D eigenvalue weighted by Crippen LogP contribution is 2.26. The van der Waals surface area contributed by atoms with Crippen LogP contribution < -0.4 is 4.74 Å². The smallest absolute Gasteiger partial charge is 0.169 e. The van der Waals surface area contributed by atoms with E-state index in [0.29, 0.717) is 5.75 Å². The monoisotopic (exact) mass is 221 g/mol. The second-order valence-electron chi connectivity index (χ2n) is 4.03. The van der Waals surface area contributed by atoms with Crippen LogP contribution >= 0.6 is 0 Å². The van der Waals surface area contributed by atoms with Gasteiger partial charge in [-0.1, -0.05) is 38.8 Å². The number of aromatic hydroxyl groups is 1. The topological polar surface area (TPSA) is 29.5 Å². The molecule has 1 atom stereocenters. The zero-order valence-corrected chi connectivity index (χ0v) is 10.2. The predicted octanol–water partition coefficient (Wildman–Crippen LogP) is 3.93.